The Labute approximate surface area is 162 Å². The molecule has 0 spiro atoms. The van der Waals surface area contributed by atoms with Gasteiger partial charge in [-0.1, -0.05) is 13.3 Å². The topological polar surface area (TPSA) is 79.1 Å². The fraction of sp³-hybridized carbons (Fsp3) is 0.700. The molecule has 0 bridgehead atoms. The maximum absolute atomic E-state index is 11.7. The van der Waals surface area contributed by atoms with E-state index in [0.29, 0.717) is 29.7 Å². The van der Waals surface area contributed by atoms with Gasteiger partial charge in [0.05, 0.1) is 7.11 Å². The first-order valence-corrected chi connectivity index (χ1v) is 10.0. The summed E-state index contributed by atoms with van der Waals surface area (Å²) in [6.45, 7) is 10.3. The summed E-state index contributed by atoms with van der Waals surface area (Å²) >= 11 is 0. The molecule has 152 valence electrons. The van der Waals surface area contributed by atoms with Crippen LogP contribution in [0.2, 0.25) is 0 Å². The number of methoxy groups -OCH3 is 1. The summed E-state index contributed by atoms with van der Waals surface area (Å²) in [5, 5.41) is 6.66. The number of likely N-dealkylation sites (tertiary alicyclic amines) is 1. The summed E-state index contributed by atoms with van der Waals surface area (Å²) in [6, 6.07) is 2.41. The minimum atomic E-state index is -0.386. The minimum absolute atomic E-state index is 0.370. The second-order valence-corrected chi connectivity index (χ2v) is 6.89. The Bertz CT molecular complexity index is 627. The average Bonchev–Trinajstić information content (AvgIpc) is 3.06. The number of carbonyl (C=O) groups excluding carboxylic acids is 1. The van der Waals surface area contributed by atoms with E-state index in [2.05, 4.69) is 27.4 Å². The molecule has 2 N–H and O–H groups in total. The van der Waals surface area contributed by atoms with Crippen LogP contribution >= 0.6 is 0 Å². The molecule has 2 heterocycles. The van der Waals surface area contributed by atoms with Gasteiger partial charge in [-0.25, -0.2) is 9.79 Å². The Hall–Kier alpha value is -2.02. The third-order valence-electron chi connectivity index (χ3n) is 5.02. The number of piperidine rings is 1. The highest BCUT2D eigenvalue weighted by Crippen LogP contribution is 2.18. The lowest BCUT2D eigenvalue weighted by atomic mass is 10.0. The maximum atomic E-state index is 11.7. The van der Waals surface area contributed by atoms with Gasteiger partial charge in [-0.15, -0.1) is 0 Å². The zero-order valence-corrected chi connectivity index (χ0v) is 17.1. The molecule has 0 radical (unpaired) electrons. The number of carbonyl (C=O) groups is 1. The molecule has 7 nitrogen and oxygen atoms in total. The maximum Gasteiger partial charge on any atom is 0.341 e. The van der Waals surface area contributed by atoms with Crippen LogP contribution in [0.4, 0.5) is 0 Å². The highest BCUT2D eigenvalue weighted by Gasteiger charge is 2.20. The van der Waals surface area contributed by atoms with E-state index in [1.54, 1.807) is 13.0 Å². The Morgan fingerprint density at radius 3 is 2.89 bits per heavy atom. The SMILES string of the molecule is CCNC(=NCc1cc(C(=O)OC)c(C)o1)NCCN1CCCCC1CC. The van der Waals surface area contributed by atoms with Gasteiger partial charge < -0.3 is 19.8 Å². The van der Waals surface area contributed by atoms with Gasteiger partial charge in [-0.05, 0) is 45.7 Å². The van der Waals surface area contributed by atoms with Gasteiger partial charge in [0.25, 0.3) is 0 Å². The van der Waals surface area contributed by atoms with Crippen LogP contribution in [-0.4, -0.2) is 56.2 Å². The van der Waals surface area contributed by atoms with E-state index in [1.807, 2.05) is 6.92 Å². The van der Waals surface area contributed by atoms with Gasteiger partial charge in [-0.3, -0.25) is 4.90 Å². The molecule has 1 aliphatic heterocycles. The van der Waals surface area contributed by atoms with Crippen molar-refractivity contribution in [3.05, 3.63) is 23.2 Å². The van der Waals surface area contributed by atoms with Crippen LogP contribution in [0.15, 0.2) is 15.5 Å². The lowest BCUT2D eigenvalue weighted by molar-refractivity contribution is 0.0599. The fourth-order valence-corrected chi connectivity index (χ4v) is 3.57. The molecule has 0 aliphatic carbocycles. The van der Waals surface area contributed by atoms with Crippen LogP contribution in [0.25, 0.3) is 0 Å². The summed E-state index contributed by atoms with van der Waals surface area (Å²) in [7, 11) is 1.37. The molecule has 0 aromatic carbocycles. The lowest BCUT2D eigenvalue weighted by Crippen LogP contribution is -2.45. The van der Waals surface area contributed by atoms with E-state index in [1.165, 1.54) is 39.3 Å². The molecule has 1 aromatic rings. The van der Waals surface area contributed by atoms with Gasteiger partial charge >= 0.3 is 5.97 Å². The van der Waals surface area contributed by atoms with Crippen molar-refractivity contribution < 1.29 is 13.9 Å². The predicted octanol–water partition coefficient (Wildman–Crippen LogP) is 2.69. The third-order valence-corrected chi connectivity index (χ3v) is 5.02. The Kier molecular flexibility index (Phi) is 8.64. The van der Waals surface area contributed by atoms with Gasteiger partial charge in [0.15, 0.2) is 5.96 Å². The second kappa shape index (κ2) is 11.0. The van der Waals surface area contributed by atoms with Crippen molar-refractivity contribution >= 4 is 11.9 Å². The second-order valence-electron chi connectivity index (χ2n) is 6.89. The molecule has 1 aliphatic rings. The zero-order chi connectivity index (χ0) is 19.6. The molecule has 1 unspecified atom stereocenters. The molecule has 1 aromatic heterocycles. The van der Waals surface area contributed by atoms with E-state index in [4.69, 9.17) is 9.15 Å². The number of hydrogen-bond acceptors (Lipinski definition) is 5. The quantitative estimate of drug-likeness (QED) is 0.411. The number of nitrogens with one attached hydrogen (secondary N) is 2. The predicted molar refractivity (Wildman–Crippen MR) is 107 cm³/mol. The van der Waals surface area contributed by atoms with Crippen LogP contribution in [0, 0.1) is 6.92 Å². The number of guanidine groups is 1. The summed E-state index contributed by atoms with van der Waals surface area (Å²) in [5.41, 5.74) is 0.455. The minimum Gasteiger partial charge on any atom is -0.465 e. The lowest BCUT2D eigenvalue weighted by Gasteiger charge is -2.35. The molecular weight excluding hydrogens is 344 g/mol. The summed E-state index contributed by atoms with van der Waals surface area (Å²) < 4.78 is 10.4. The first-order chi connectivity index (χ1) is 13.1. The molecule has 7 heteroatoms. The molecule has 1 saturated heterocycles. The highest BCUT2D eigenvalue weighted by molar-refractivity contribution is 5.90. The van der Waals surface area contributed by atoms with E-state index in [-0.39, 0.29) is 5.97 Å². The number of esters is 1. The van der Waals surface area contributed by atoms with Crippen LogP contribution in [0.3, 0.4) is 0 Å². The summed E-state index contributed by atoms with van der Waals surface area (Å²) in [4.78, 5) is 18.8. The number of rotatable bonds is 8. The van der Waals surface area contributed by atoms with Crippen molar-refractivity contribution in [2.45, 2.75) is 59.0 Å². The van der Waals surface area contributed by atoms with Crippen molar-refractivity contribution in [1.29, 1.82) is 0 Å². The van der Waals surface area contributed by atoms with Crippen LogP contribution < -0.4 is 10.6 Å². The normalized spacial score (nSPS) is 18.4. The smallest absolute Gasteiger partial charge is 0.341 e. The Balaban J connectivity index is 1.89. The molecule has 0 saturated carbocycles. The molecule has 2 rings (SSSR count). The fourth-order valence-electron chi connectivity index (χ4n) is 3.57. The number of nitrogens with zero attached hydrogens (tertiary/aromatic N) is 2. The van der Waals surface area contributed by atoms with Crippen molar-refractivity contribution in [3.63, 3.8) is 0 Å². The van der Waals surface area contributed by atoms with Gasteiger partial charge in [0.2, 0.25) is 0 Å². The van der Waals surface area contributed by atoms with Gasteiger partial charge in [0, 0.05) is 25.7 Å². The average molecular weight is 379 g/mol. The van der Waals surface area contributed by atoms with Crippen molar-refractivity contribution in [2.24, 2.45) is 4.99 Å². The van der Waals surface area contributed by atoms with Crippen LogP contribution in [0.1, 0.15) is 61.4 Å². The molecular formula is C20H34N4O3. The standard InChI is InChI=1S/C20H34N4O3/c1-5-16-9-7-8-11-24(16)12-10-22-20(21-6-2)23-14-17-13-18(15(3)27-17)19(25)26-4/h13,16H,5-12,14H2,1-4H3,(H2,21,22,23). The van der Waals surface area contributed by atoms with Crippen molar-refractivity contribution in [2.75, 3.05) is 33.3 Å². The molecule has 0 amide bonds. The van der Waals surface area contributed by atoms with Crippen LogP contribution in [0.5, 0.6) is 0 Å². The molecule has 27 heavy (non-hydrogen) atoms. The Morgan fingerprint density at radius 1 is 1.37 bits per heavy atom. The van der Waals surface area contributed by atoms with E-state index >= 15 is 0 Å². The number of hydrogen-bond donors (Lipinski definition) is 2. The third kappa shape index (κ3) is 6.27. The van der Waals surface area contributed by atoms with E-state index < -0.39 is 0 Å². The number of furan rings is 1. The van der Waals surface area contributed by atoms with E-state index in [0.717, 1.165) is 25.6 Å². The van der Waals surface area contributed by atoms with Crippen LogP contribution in [-0.2, 0) is 11.3 Å². The first-order valence-electron chi connectivity index (χ1n) is 10.0. The number of aryl methyl sites for hydroxylation is 1. The Morgan fingerprint density at radius 2 is 2.19 bits per heavy atom. The summed E-state index contributed by atoms with van der Waals surface area (Å²) in [6.07, 6.45) is 5.17. The van der Waals surface area contributed by atoms with Crippen molar-refractivity contribution in [1.82, 2.24) is 15.5 Å². The number of aliphatic imine (C=N–C) groups is 1. The zero-order valence-electron chi connectivity index (χ0n) is 17.1. The largest absolute Gasteiger partial charge is 0.465 e. The summed E-state index contributed by atoms with van der Waals surface area (Å²) in [5.74, 6) is 1.58. The van der Waals surface area contributed by atoms with Crippen molar-refractivity contribution in [3.8, 4) is 0 Å². The molecule has 1 atom stereocenters. The van der Waals surface area contributed by atoms with Gasteiger partial charge in [-0.2, -0.15) is 0 Å². The highest BCUT2D eigenvalue weighted by atomic mass is 16.5. The molecule has 1 fully saturated rings. The van der Waals surface area contributed by atoms with Gasteiger partial charge in [0.1, 0.15) is 23.6 Å². The monoisotopic (exact) mass is 378 g/mol. The number of ether oxygens (including phenoxy) is 1. The first kappa shape index (κ1) is 21.3. The van der Waals surface area contributed by atoms with E-state index in [9.17, 15) is 4.79 Å².